The second-order valence-corrected chi connectivity index (χ2v) is 5.96. The van der Waals surface area contributed by atoms with Crippen molar-refractivity contribution in [1.29, 1.82) is 0 Å². The SMILES string of the molecule is Cc1ccc(C)c(NC2CCNC(C)(C)C2)c1. The number of benzene rings is 1. The molecule has 1 atom stereocenters. The molecule has 1 aromatic rings. The lowest BCUT2D eigenvalue weighted by atomic mass is 9.89. The first-order chi connectivity index (χ1) is 7.96. The highest BCUT2D eigenvalue weighted by Gasteiger charge is 2.27. The van der Waals surface area contributed by atoms with E-state index in [2.05, 4.69) is 56.5 Å². The van der Waals surface area contributed by atoms with Crippen LogP contribution in [-0.4, -0.2) is 18.1 Å². The third-order valence-corrected chi connectivity index (χ3v) is 3.61. The second-order valence-electron chi connectivity index (χ2n) is 5.96. The summed E-state index contributed by atoms with van der Waals surface area (Å²) in [6.45, 7) is 9.99. The molecule has 1 aliphatic heterocycles. The van der Waals surface area contributed by atoms with Crippen molar-refractivity contribution in [3.63, 3.8) is 0 Å². The Balaban J connectivity index is 2.07. The fourth-order valence-corrected chi connectivity index (χ4v) is 2.61. The van der Waals surface area contributed by atoms with E-state index in [1.165, 1.54) is 29.7 Å². The van der Waals surface area contributed by atoms with Gasteiger partial charge in [0.05, 0.1) is 0 Å². The number of nitrogens with one attached hydrogen (secondary N) is 2. The molecule has 2 N–H and O–H groups in total. The standard InChI is InChI=1S/C15H24N2/c1-11-5-6-12(2)14(9-11)17-13-7-8-16-15(3,4)10-13/h5-6,9,13,16-17H,7-8,10H2,1-4H3. The van der Waals surface area contributed by atoms with Gasteiger partial charge in [-0.3, -0.25) is 0 Å². The van der Waals surface area contributed by atoms with E-state index in [1.807, 2.05) is 0 Å². The summed E-state index contributed by atoms with van der Waals surface area (Å²) in [6, 6.07) is 7.22. The summed E-state index contributed by atoms with van der Waals surface area (Å²) < 4.78 is 0. The van der Waals surface area contributed by atoms with E-state index in [9.17, 15) is 0 Å². The van der Waals surface area contributed by atoms with Crippen molar-refractivity contribution in [3.05, 3.63) is 29.3 Å². The number of piperidine rings is 1. The zero-order chi connectivity index (χ0) is 12.5. The van der Waals surface area contributed by atoms with Crippen LogP contribution in [0, 0.1) is 13.8 Å². The lowest BCUT2D eigenvalue weighted by Gasteiger charge is -2.37. The van der Waals surface area contributed by atoms with Crippen molar-refractivity contribution >= 4 is 5.69 Å². The average Bonchev–Trinajstić information content (AvgIpc) is 2.22. The molecule has 0 radical (unpaired) electrons. The van der Waals surface area contributed by atoms with E-state index in [0.29, 0.717) is 6.04 Å². The van der Waals surface area contributed by atoms with Crippen molar-refractivity contribution < 1.29 is 0 Å². The van der Waals surface area contributed by atoms with E-state index >= 15 is 0 Å². The molecule has 0 aliphatic carbocycles. The van der Waals surface area contributed by atoms with Crippen LogP contribution in [0.3, 0.4) is 0 Å². The van der Waals surface area contributed by atoms with Crippen LogP contribution in [0.2, 0.25) is 0 Å². The first-order valence-electron chi connectivity index (χ1n) is 6.55. The third-order valence-electron chi connectivity index (χ3n) is 3.61. The van der Waals surface area contributed by atoms with Gasteiger partial charge in [0, 0.05) is 17.3 Å². The molecule has 1 saturated heterocycles. The number of anilines is 1. The van der Waals surface area contributed by atoms with Gasteiger partial charge in [-0.05, 0) is 64.3 Å². The van der Waals surface area contributed by atoms with Gasteiger partial charge in [0.15, 0.2) is 0 Å². The molecule has 0 bridgehead atoms. The molecule has 94 valence electrons. The fraction of sp³-hybridized carbons (Fsp3) is 0.600. The minimum absolute atomic E-state index is 0.258. The van der Waals surface area contributed by atoms with Gasteiger partial charge in [-0.2, -0.15) is 0 Å². The summed E-state index contributed by atoms with van der Waals surface area (Å²) in [4.78, 5) is 0. The molecule has 2 rings (SSSR count). The molecule has 0 amide bonds. The maximum Gasteiger partial charge on any atom is 0.0374 e. The Morgan fingerprint density at radius 2 is 2.06 bits per heavy atom. The summed E-state index contributed by atoms with van der Waals surface area (Å²) >= 11 is 0. The van der Waals surface area contributed by atoms with E-state index < -0.39 is 0 Å². The van der Waals surface area contributed by atoms with Gasteiger partial charge in [-0.1, -0.05) is 12.1 Å². The van der Waals surface area contributed by atoms with E-state index in [-0.39, 0.29) is 5.54 Å². The van der Waals surface area contributed by atoms with E-state index in [0.717, 1.165) is 6.54 Å². The van der Waals surface area contributed by atoms with Crippen LogP contribution in [0.15, 0.2) is 18.2 Å². The maximum atomic E-state index is 3.71. The smallest absolute Gasteiger partial charge is 0.0374 e. The minimum atomic E-state index is 0.258. The maximum absolute atomic E-state index is 3.71. The van der Waals surface area contributed by atoms with Gasteiger partial charge in [0.1, 0.15) is 0 Å². The highest BCUT2D eigenvalue weighted by atomic mass is 15.0. The molecule has 1 unspecified atom stereocenters. The van der Waals surface area contributed by atoms with E-state index in [1.54, 1.807) is 0 Å². The largest absolute Gasteiger partial charge is 0.382 e. The normalized spacial score (nSPS) is 23.4. The Morgan fingerprint density at radius 1 is 1.29 bits per heavy atom. The van der Waals surface area contributed by atoms with Crippen molar-refractivity contribution in [1.82, 2.24) is 5.32 Å². The first-order valence-corrected chi connectivity index (χ1v) is 6.55. The lowest BCUT2D eigenvalue weighted by molar-refractivity contribution is 0.286. The van der Waals surface area contributed by atoms with Crippen molar-refractivity contribution in [2.45, 2.75) is 52.1 Å². The third kappa shape index (κ3) is 3.22. The zero-order valence-electron chi connectivity index (χ0n) is 11.4. The summed E-state index contributed by atoms with van der Waals surface area (Å²) in [5.41, 5.74) is 4.22. The molecule has 17 heavy (non-hydrogen) atoms. The van der Waals surface area contributed by atoms with Gasteiger partial charge in [-0.15, -0.1) is 0 Å². The summed E-state index contributed by atoms with van der Waals surface area (Å²) in [5.74, 6) is 0. The van der Waals surface area contributed by atoms with Crippen LogP contribution >= 0.6 is 0 Å². The highest BCUT2D eigenvalue weighted by Crippen LogP contribution is 2.24. The number of hydrogen-bond acceptors (Lipinski definition) is 2. The van der Waals surface area contributed by atoms with Crippen LogP contribution in [-0.2, 0) is 0 Å². The molecule has 2 heteroatoms. The second kappa shape index (κ2) is 4.69. The molecular formula is C15H24N2. The first kappa shape index (κ1) is 12.4. The monoisotopic (exact) mass is 232 g/mol. The number of rotatable bonds is 2. The van der Waals surface area contributed by atoms with Crippen LogP contribution < -0.4 is 10.6 Å². The predicted molar refractivity (Wildman–Crippen MR) is 74.6 cm³/mol. The summed E-state index contributed by atoms with van der Waals surface area (Å²) in [7, 11) is 0. The van der Waals surface area contributed by atoms with Gasteiger partial charge in [0.25, 0.3) is 0 Å². The highest BCUT2D eigenvalue weighted by molar-refractivity contribution is 5.53. The van der Waals surface area contributed by atoms with Crippen LogP contribution in [0.1, 0.15) is 37.8 Å². The van der Waals surface area contributed by atoms with E-state index in [4.69, 9.17) is 0 Å². The molecule has 0 spiro atoms. The van der Waals surface area contributed by atoms with Gasteiger partial charge in [-0.25, -0.2) is 0 Å². The zero-order valence-corrected chi connectivity index (χ0v) is 11.4. The Kier molecular flexibility index (Phi) is 3.43. The van der Waals surface area contributed by atoms with Crippen molar-refractivity contribution in [2.75, 3.05) is 11.9 Å². The Labute approximate surface area is 105 Å². The molecule has 1 aromatic carbocycles. The van der Waals surface area contributed by atoms with Gasteiger partial charge < -0.3 is 10.6 Å². The molecule has 1 aliphatic rings. The fourth-order valence-electron chi connectivity index (χ4n) is 2.61. The Morgan fingerprint density at radius 3 is 2.76 bits per heavy atom. The molecule has 0 saturated carbocycles. The van der Waals surface area contributed by atoms with Crippen LogP contribution in [0.25, 0.3) is 0 Å². The van der Waals surface area contributed by atoms with Crippen molar-refractivity contribution in [2.24, 2.45) is 0 Å². The summed E-state index contributed by atoms with van der Waals surface area (Å²) in [6.07, 6.45) is 2.39. The predicted octanol–water partition coefficient (Wildman–Crippen LogP) is 3.25. The minimum Gasteiger partial charge on any atom is -0.382 e. The topological polar surface area (TPSA) is 24.1 Å². The average molecular weight is 232 g/mol. The Hall–Kier alpha value is -1.02. The molecule has 1 heterocycles. The summed E-state index contributed by atoms with van der Waals surface area (Å²) in [5, 5.41) is 7.27. The van der Waals surface area contributed by atoms with Crippen LogP contribution in [0.5, 0.6) is 0 Å². The molecule has 1 fully saturated rings. The Bertz CT molecular complexity index is 396. The van der Waals surface area contributed by atoms with Gasteiger partial charge in [0.2, 0.25) is 0 Å². The molecule has 2 nitrogen and oxygen atoms in total. The quantitative estimate of drug-likeness (QED) is 0.818. The van der Waals surface area contributed by atoms with Crippen LogP contribution in [0.4, 0.5) is 5.69 Å². The molecular weight excluding hydrogens is 208 g/mol. The molecule has 0 aromatic heterocycles. The van der Waals surface area contributed by atoms with Crippen molar-refractivity contribution in [3.8, 4) is 0 Å². The number of hydrogen-bond donors (Lipinski definition) is 2. The number of aryl methyl sites for hydroxylation is 2. The van der Waals surface area contributed by atoms with Gasteiger partial charge >= 0.3 is 0 Å². The lowest BCUT2D eigenvalue weighted by Crippen LogP contribution is -2.50.